The minimum Gasteiger partial charge on any atom is -0.475 e. The lowest BCUT2D eigenvalue weighted by Crippen LogP contribution is -2.09. The van der Waals surface area contributed by atoms with Crippen LogP contribution in [0.2, 0.25) is 0 Å². The highest BCUT2D eigenvalue weighted by Gasteiger charge is 2.18. The molecule has 0 aliphatic heterocycles. The Labute approximate surface area is 114 Å². The number of ether oxygens (including phenoxy) is 1. The van der Waals surface area contributed by atoms with Gasteiger partial charge in [0, 0.05) is 22.3 Å². The molecule has 0 amide bonds. The molecule has 0 spiro atoms. The molecule has 1 aromatic carbocycles. The van der Waals surface area contributed by atoms with E-state index in [1.165, 1.54) is 18.3 Å². The molecule has 0 radical (unpaired) electrons. The third-order valence-corrected chi connectivity index (χ3v) is 3.79. The fraction of sp³-hybridized carbons (Fsp3) is 0.167. The van der Waals surface area contributed by atoms with Crippen molar-refractivity contribution < 1.29 is 13.2 Å². The molecule has 1 heterocycles. The maximum atomic E-state index is 11.5. The van der Waals surface area contributed by atoms with Crippen LogP contribution in [0.4, 0.5) is 0 Å². The Kier molecular flexibility index (Phi) is 3.60. The predicted octanol–water partition coefficient (Wildman–Crippen LogP) is 2.45. The summed E-state index contributed by atoms with van der Waals surface area (Å²) in [5.41, 5.74) is 0.222. The van der Waals surface area contributed by atoms with Crippen LogP contribution in [0.25, 0.3) is 10.9 Å². The van der Waals surface area contributed by atoms with Gasteiger partial charge < -0.3 is 4.74 Å². The van der Waals surface area contributed by atoms with E-state index in [2.05, 4.69) is 4.98 Å². The molecule has 1 atom stereocenters. The number of benzene rings is 1. The second-order valence-corrected chi connectivity index (χ2v) is 6.32. The third-order valence-electron chi connectivity index (χ3n) is 2.44. The normalized spacial score (nSPS) is 12.9. The Balaban J connectivity index is 2.69. The molecule has 0 saturated carbocycles. The second-order valence-electron chi connectivity index (χ2n) is 3.79. The van der Waals surface area contributed by atoms with Crippen LogP contribution in [0.5, 0.6) is 5.75 Å². The molecule has 2 aromatic rings. The highest BCUT2D eigenvalue weighted by molar-refractivity contribution is 8.14. The van der Waals surface area contributed by atoms with Crippen LogP contribution in [-0.4, -0.2) is 19.5 Å². The number of hydrogen-bond acceptors (Lipinski definition) is 5. The van der Waals surface area contributed by atoms with E-state index in [-0.39, 0.29) is 10.4 Å². The summed E-state index contributed by atoms with van der Waals surface area (Å²) >= 11 is 0. The summed E-state index contributed by atoms with van der Waals surface area (Å²) in [7, 11) is 1.47. The van der Waals surface area contributed by atoms with Crippen molar-refractivity contribution >= 4 is 30.6 Å². The van der Waals surface area contributed by atoms with E-state index in [1.54, 1.807) is 19.1 Å². The molecule has 0 aliphatic rings. The molecule has 98 valence electrons. The second kappa shape index (κ2) is 5.03. The molecule has 0 saturated heterocycles. The lowest BCUT2D eigenvalue weighted by molar-refractivity contribution is 0.280. The number of aromatic nitrogens is 1. The summed E-state index contributed by atoms with van der Waals surface area (Å²) in [5.74, 6) is 0.390. The van der Waals surface area contributed by atoms with Gasteiger partial charge in [0.2, 0.25) is 0 Å². The van der Waals surface area contributed by atoms with Gasteiger partial charge in [-0.1, -0.05) is 0 Å². The van der Waals surface area contributed by atoms with Crippen molar-refractivity contribution in [3.8, 4) is 11.8 Å². The third kappa shape index (κ3) is 2.78. The zero-order valence-electron chi connectivity index (χ0n) is 9.87. The molecule has 2 rings (SSSR count). The number of halogens is 1. The average molecular weight is 297 g/mol. The Hall–Kier alpha value is -1.84. The molecular weight excluding hydrogens is 288 g/mol. The number of hydrogen-bond donors (Lipinski definition) is 0. The Morgan fingerprint density at radius 3 is 2.79 bits per heavy atom. The molecule has 7 heteroatoms. The van der Waals surface area contributed by atoms with Crippen molar-refractivity contribution in [2.45, 2.75) is 17.9 Å². The first kappa shape index (κ1) is 13.6. The average Bonchev–Trinajstić information content (AvgIpc) is 2.37. The van der Waals surface area contributed by atoms with Gasteiger partial charge in [-0.3, -0.25) is 4.98 Å². The van der Waals surface area contributed by atoms with Gasteiger partial charge in [-0.2, -0.15) is 5.26 Å². The van der Waals surface area contributed by atoms with Crippen molar-refractivity contribution in [1.82, 2.24) is 4.98 Å². The fourth-order valence-corrected chi connectivity index (χ4v) is 2.63. The monoisotopic (exact) mass is 296 g/mol. The Morgan fingerprint density at radius 1 is 1.42 bits per heavy atom. The number of nitriles is 1. The maximum Gasteiger partial charge on any atom is 0.263 e. The van der Waals surface area contributed by atoms with Gasteiger partial charge in [-0.15, -0.1) is 0 Å². The van der Waals surface area contributed by atoms with E-state index in [1.807, 2.05) is 6.07 Å². The fourth-order valence-electron chi connectivity index (χ4n) is 1.64. The van der Waals surface area contributed by atoms with Crippen molar-refractivity contribution in [2.24, 2.45) is 0 Å². The van der Waals surface area contributed by atoms with Gasteiger partial charge in [-0.05, 0) is 31.2 Å². The smallest absolute Gasteiger partial charge is 0.263 e. The van der Waals surface area contributed by atoms with Gasteiger partial charge in [-0.25, -0.2) is 8.42 Å². The summed E-state index contributed by atoms with van der Waals surface area (Å²) in [6.45, 7) is 1.59. The van der Waals surface area contributed by atoms with Crippen LogP contribution >= 0.6 is 10.7 Å². The van der Waals surface area contributed by atoms with E-state index in [9.17, 15) is 8.42 Å². The minimum atomic E-state index is -3.89. The largest absolute Gasteiger partial charge is 0.475 e. The molecule has 0 bridgehead atoms. The van der Waals surface area contributed by atoms with Crippen LogP contribution < -0.4 is 4.74 Å². The molecule has 0 aliphatic carbocycles. The first-order valence-electron chi connectivity index (χ1n) is 5.32. The molecule has 19 heavy (non-hydrogen) atoms. The minimum absolute atomic E-state index is 0.0817. The van der Waals surface area contributed by atoms with Crippen LogP contribution in [-0.2, 0) is 9.05 Å². The van der Waals surface area contributed by atoms with Crippen molar-refractivity contribution in [2.75, 3.05) is 0 Å². The van der Waals surface area contributed by atoms with Gasteiger partial charge in [0.05, 0.1) is 5.52 Å². The summed E-state index contributed by atoms with van der Waals surface area (Å²) in [4.78, 5) is 3.93. The van der Waals surface area contributed by atoms with E-state index in [0.717, 1.165) is 0 Å². The van der Waals surface area contributed by atoms with Gasteiger partial charge in [0.15, 0.2) is 6.10 Å². The summed E-state index contributed by atoms with van der Waals surface area (Å²) in [6.07, 6.45) is 0.813. The lowest BCUT2D eigenvalue weighted by Gasteiger charge is -2.11. The standard InChI is InChI=1S/C12H9ClN2O3S/c1-8(7-14)18-10-4-5-11(19(13,16)17)12-9(10)3-2-6-15-12/h2-6,8H,1H3. The molecule has 0 N–H and O–H groups in total. The van der Waals surface area contributed by atoms with E-state index in [0.29, 0.717) is 11.1 Å². The number of rotatable bonds is 3. The first-order chi connectivity index (χ1) is 8.93. The van der Waals surface area contributed by atoms with Crippen LogP contribution in [0.3, 0.4) is 0 Å². The zero-order valence-corrected chi connectivity index (χ0v) is 11.4. The topological polar surface area (TPSA) is 80.0 Å². The lowest BCUT2D eigenvalue weighted by atomic mass is 10.2. The summed E-state index contributed by atoms with van der Waals surface area (Å²) < 4.78 is 28.3. The van der Waals surface area contributed by atoms with Crippen molar-refractivity contribution in [3.05, 3.63) is 30.5 Å². The van der Waals surface area contributed by atoms with Gasteiger partial charge in [0.25, 0.3) is 9.05 Å². The quantitative estimate of drug-likeness (QED) is 0.813. The highest BCUT2D eigenvalue weighted by atomic mass is 35.7. The summed E-state index contributed by atoms with van der Waals surface area (Å²) in [6, 6.07) is 8.03. The number of pyridine rings is 1. The van der Waals surface area contributed by atoms with Crippen molar-refractivity contribution in [3.63, 3.8) is 0 Å². The molecule has 1 aromatic heterocycles. The molecule has 5 nitrogen and oxygen atoms in total. The first-order valence-corrected chi connectivity index (χ1v) is 7.63. The predicted molar refractivity (Wildman–Crippen MR) is 70.5 cm³/mol. The van der Waals surface area contributed by atoms with Gasteiger partial charge >= 0.3 is 0 Å². The molecule has 1 unspecified atom stereocenters. The van der Waals surface area contributed by atoms with E-state index >= 15 is 0 Å². The highest BCUT2D eigenvalue weighted by Crippen LogP contribution is 2.31. The summed E-state index contributed by atoms with van der Waals surface area (Å²) in [5, 5.41) is 9.24. The maximum absolute atomic E-state index is 11.5. The van der Waals surface area contributed by atoms with Crippen LogP contribution in [0.1, 0.15) is 6.92 Å². The van der Waals surface area contributed by atoms with E-state index < -0.39 is 15.2 Å². The van der Waals surface area contributed by atoms with Crippen molar-refractivity contribution in [1.29, 1.82) is 5.26 Å². The SMILES string of the molecule is CC(C#N)Oc1ccc(S(=O)(=O)Cl)c2ncccc12. The van der Waals surface area contributed by atoms with E-state index in [4.69, 9.17) is 20.7 Å². The Bertz CT molecular complexity index is 768. The van der Waals surface area contributed by atoms with Gasteiger partial charge in [0.1, 0.15) is 16.7 Å². The Morgan fingerprint density at radius 2 is 2.16 bits per heavy atom. The van der Waals surface area contributed by atoms with Crippen LogP contribution in [0.15, 0.2) is 35.4 Å². The number of nitrogens with zero attached hydrogens (tertiary/aromatic N) is 2. The molecular formula is C12H9ClN2O3S. The number of fused-ring (bicyclic) bond motifs is 1. The molecule has 0 fully saturated rings. The van der Waals surface area contributed by atoms with Crippen LogP contribution in [0, 0.1) is 11.3 Å². The zero-order chi connectivity index (χ0) is 14.0.